The van der Waals surface area contributed by atoms with Crippen LogP contribution in [0.5, 0.6) is 0 Å². The molecule has 0 saturated heterocycles. The molecule has 0 aliphatic carbocycles. The molecular formula is C21H13Cl2F2N5O2. The van der Waals surface area contributed by atoms with Gasteiger partial charge in [-0.05, 0) is 24.3 Å². The summed E-state index contributed by atoms with van der Waals surface area (Å²) in [6.07, 6.45) is -1.78. The summed E-state index contributed by atoms with van der Waals surface area (Å²) in [6, 6.07) is 14.4. The average molecular weight is 476 g/mol. The summed E-state index contributed by atoms with van der Waals surface area (Å²) in [5, 5.41) is 8.06. The first kappa shape index (κ1) is 21.7. The molecule has 11 heteroatoms. The maximum Gasteiger partial charge on any atom is 0.371 e. The maximum absolute atomic E-state index is 13.6. The SMILES string of the molecule is N/C(=N\OC(=O)c1cnn2c(C(F)F)cc(-c3ccccc3)nc12)c1ccc(Cl)cc1Cl. The molecule has 0 radical (unpaired) electrons. The first-order valence-electron chi connectivity index (χ1n) is 9.07. The molecule has 0 aliphatic heterocycles. The quantitative estimate of drug-likeness (QED) is 0.187. The topological polar surface area (TPSA) is 94.9 Å². The number of nitrogens with two attached hydrogens (primary N) is 1. The monoisotopic (exact) mass is 475 g/mol. The molecule has 0 amide bonds. The van der Waals surface area contributed by atoms with Gasteiger partial charge in [0.2, 0.25) is 0 Å². The highest BCUT2D eigenvalue weighted by molar-refractivity contribution is 6.36. The Kier molecular flexibility index (Phi) is 6.02. The lowest BCUT2D eigenvalue weighted by atomic mass is 10.1. The van der Waals surface area contributed by atoms with Gasteiger partial charge in [0.1, 0.15) is 11.3 Å². The molecule has 32 heavy (non-hydrogen) atoms. The number of halogens is 4. The van der Waals surface area contributed by atoms with Gasteiger partial charge in [-0.1, -0.05) is 58.7 Å². The number of nitrogens with zero attached hydrogens (tertiary/aromatic N) is 4. The molecular weight excluding hydrogens is 463 g/mol. The first-order valence-corrected chi connectivity index (χ1v) is 9.83. The number of hydrogen-bond acceptors (Lipinski definition) is 5. The van der Waals surface area contributed by atoms with Gasteiger partial charge in [-0.2, -0.15) is 5.10 Å². The van der Waals surface area contributed by atoms with Crippen molar-refractivity contribution in [3.8, 4) is 11.3 Å². The fourth-order valence-corrected chi connectivity index (χ4v) is 3.43. The summed E-state index contributed by atoms with van der Waals surface area (Å²) in [7, 11) is 0. The standard InChI is InChI=1S/C21H13Cl2F2N5O2/c22-12-6-7-13(15(23)8-12)19(26)29-32-21(31)14-10-27-30-17(18(24)25)9-16(28-20(14)30)11-4-2-1-3-5-11/h1-10,18H,(H2,26,29). The maximum atomic E-state index is 13.6. The third kappa shape index (κ3) is 4.25. The molecule has 0 atom stereocenters. The molecule has 0 spiro atoms. The number of oxime groups is 1. The van der Waals surface area contributed by atoms with Crippen LogP contribution in [0, 0.1) is 0 Å². The van der Waals surface area contributed by atoms with Crippen molar-refractivity contribution in [3.63, 3.8) is 0 Å². The Morgan fingerprint density at radius 3 is 2.53 bits per heavy atom. The molecule has 4 rings (SSSR count). The second kappa shape index (κ2) is 8.89. The Bertz CT molecular complexity index is 1340. The highest BCUT2D eigenvalue weighted by Gasteiger charge is 2.23. The van der Waals surface area contributed by atoms with Gasteiger partial charge >= 0.3 is 5.97 Å². The van der Waals surface area contributed by atoms with E-state index < -0.39 is 18.1 Å². The van der Waals surface area contributed by atoms with Gasteiger partial charge in [0.25, 0.3) is 6.43 Å². The Labute approximate surface area is 190 Å². The zero-order valence-corrected chi connectivity index (χ0v) is 17.6. The summed E-state index contributed by atoms with van der Waals surface area (Å²) >= 11 is 11.9. The lowest BCUT2D eigenvalue weighted by Crippen LogP contribution is -2.16. The molecule has 0 saturated carbocycles. The van der Waals surface area contributed by atoms with Crippen LogP contribution in [0.15, 0.2) is 65.9 Å². The van der Waals surface area contributed by atoms with E-state index in [2.05, 4.69) is 15.2 Å². The molecule has 2 aromatic heterocycles. The molecule has 0 aliphatic rings. The molecule has 162 valence electrons. The smallest absolute Gasteiger partial charge is 0.371 e. The molecule has 0 fully saturated rings. The molecule has 2 aromatic carbocycles. The predicted octanol–water partition coefficient (Wildman–Crippen LogP) is 5.12. The predicted molar refractivity (Wildman–Crippen MR) is 116 cm³/mol. The van der Waals surface area contributed by atoms with Crippen molar-refractivity contribution in [2.75, 3.05) is 0 Å². The van der Waals surface area contributed by atoms with Crippen LogP contribution in [0.25, 0.3) is 16.9 Å². The van der Waals surface area contributed by atoms with Gasteiger partial charge in [0, 0.05) is 16.1 Å². The number of hydrogen-bond donors (Lipinski definition) is 1. The molecule has 2 N–H and O–H groups in total. The van der Waals surface area contributed by atoms with Crippen LogP contribution in [0.3, 0.4) is 0 Å². The Morgan fingerprint density at radius 2 is 1.84 bits per heavy atom. The van der Waals surface area contributed by atoms with E-state index in [9.17, 15) is 13.6 Å². The minimum Gasteiger partial charge on any atom is -0.380 e. The van der Waals surface area contributed by atoms with E-state index in [1.165, 1.54) is 18.2 Å². The number of amidine groups is 1. The van der Waals surface area contributed by atoms with Gasteiger partial charge in [0.05, 0.1) is 16.9 Å². The van der Waals surface area contributed by atoms with Crippen molar-refractivity contribution in [1.82, 2.24) is 14.6 Å². The molecule has 2 heterocycles. The lowest BCUT2D eigenvalue weighted by Gasteiger charge is -2.08. The molecule has 0 bridgehead atoms. The average Bonchev–Trinajstić information content (AvgIpc) is 3.21. The van der Waals surface area contributed by atoms with Crippen LogP contribution in [-0.2, 0) is 4.84 Å². The van der Waals surface area contributed by atoms with Crippen molar-refractivity contribution in [2.24, 2.45) is 10.9 Å². The third-order valence-electron chi connectivity index (χ3n) is 4.45. The molecule has 7 nitrogen and oxygen atoms in total. The highest BCUT2D eigenvalue weighted by Crippen LogP contribution is 2.27. The van der Waals surface area contributed by atoms with Gasteiger partial charge in [0.15, 0.2) is 11.5 Å². The number of aromatic nitrogens is 3. The fraction of sp³-hybridized carbons (Fsp3) is 0.0476. The van der Waals surface area contributed by atoms with Crippen molar-refractivity contribution < 1.29 is 18.4 Å². The van der Waals surface area contributed by atoms with Gasteiger partial charge in [-0.15, -0.1) is 0 Å². The normalized spacial score (nSPS) is 11.8. The second-order valence-corrected chi connectivity index (χ2v) is 7.35. The number of alkyl halides is 2. The Balaban J connectivity index is 1.71. The minimum absolute atomic E-state index is 0.107. The van der Waals surface area contributed by atoms with Crippen LogP contribution in [0.2, 0.25) is 10.0 Å². The van der Waals surface area contributed by atoms with Gasteiger partial charge in [-0.3, -0.25) is 0 Å². The van der Waals surface area contributed by atoms with E-state index in [1.54, 1.807) is 36.4 Å². The zero-order valence-electron chi connectivity index (χ0n) is 16.0. The number of benzene rings is 2. The van der Waals surface area contributed by atoms with Crippen molar-refractivity contribution in [1.29, 1.82) is 0 Å². The van der Waals surface area contributed by atoms with Crippen LogP contribution in [0.1, 0.15) is 28.0 Å². The number of carbonyl (C=O) groups excluding carboxylic acids is 1. The van der Waals surface area contributed by atoms with Crippen LogP contribution in [-0.4, -0.2) is 26.4 Å². The summed E-state index contributed by atoms with van der Waals surface area (Å²) < 4.78 is 28.2. The van der Waals surface area contributed by atoms with Crippen LogP contribution in [0.4, 0.5) is 8.78 Å². The van der Waals surface area contributed by atoms with Gasteiger partial charge in [-0.25, -0.2) is 23.1 Å². The number of carbonyl (C=O) groups is 1. The Hall–Kier alpha value is -3.56. The van der Waals surface area contributed by atoms with E-state index in [1.807, 2.05) is 0 Å². The van der Waals surface area contributed by atoms with Crippen molar-refractivity contribution in [2.45, 2.75) is 6.43 Å². The van der Waals surface area contributed by atoms with E-state index in [0.29, 0.717) is 16.1 Å². The second-order valence-electron chi connectivity index (χ2n) is 6.51. The summed E-state index contributed by atoms with van der Waals surface area (Å²) in [5.74, 6) is -1.16. The molecule has 0 unspecified atom stereocenters. The summed E-state index contributed by atoms with van der Waals surface area (Å²) in [4.78, 5) is 21.8. The first-order chi connectivity index (χ1) is 15.3. The third-order valence-corrected chi connectivity index (χ3v) is 4.99. The van der Waals surface area contributed by atoms with E-state index >= 15 is 0 Å². The zero-order chi connectivity index (χ0) is 22.8. The number of rotatable bonds is 5. The Morgan fingerprint density at radius 1 is 1.09 bits per heavy atom. The highest BCUT2D eigenvalue weighted by atomic mass is 35.5. The van der Waals surface area contributed by atoms with Crippen LogP contribution >= 0.6 is 23.2 Å². The van der Waals surface area contributed by atoms with Crippen molar-refractivity contribution >= 4 is 40.7 Å². The largest absolute Gasteiger partial charge is 0.380 e. The number of fused-ring (bicyclic) bond motifs is 1. The lowest BCUT2D eigenvalue weighted by molar-refractivity contribution is 0.0518. The van der Waals surface area contributed by atoms with E-state index in [4.69, 9.17) is 33.8 Å². The summed E-state index contributed by atoms with van der Waals surface area (Å²) in [5.41, 5.74) is 6.28. The van der Waals surface area contributed by atoms with Crippen LogP contribution < -0.4 is 5.73 Å². The van der Waals surface area contributed by atoms with Gasteiger partial charge < -0.3 is 10.6 Å². The van der Waals surface area contributed by atoms with Crippen molar-refractivity contribution in [3.05, 3.63) is 87.7 Å². The summed E-state index contributed by atoms with van der Waals surface area (Å²) in [6.45, 7) is 0. The fourth-order valence-electron chi connectivity index (χ4n) is 2.93. The minimum atomic E-state index is -2.85. The van der Waals surface area contributed by atoms with E-state index in [0.717, 1.165) is 10.7 Å². The van der Waals surface area contributed by atoms with E-state index in [-0.39, 0.29) is 27.8 Å². The molecule has 4 aromatic rings.